The summed E-state index contributed by atoms with van der Waals surface area (Å²) >= 11 is 0. The van der Waals surface area contributed by atoms with Gasteiger partial charge < -0.3 is 5.32 Å². The van der Waals surface area contributed by atoms with Gasteiger partial charge in [0, 0.05) is 13.1 Å². The molecule has 0 saturated carbocycles. The van der Waals surface area contributed by atoms with Gasteiger partial charge in [0.15, 0.2) is 0 Å². The number of carbonyl (C=O) groups excluding carboxylic acids is 1. The summed E-state index contributed by atoms with van der Waals surface area (Å²) in [6.45, 7) is 3.19. The van der Waals surface area contributed by atoms with E-state index >= 15 is 0 Å². The molecule has 1 fully saturated rings. The second-order valence-corrected chi connectivity index (χ2v) is 10.5. The SMILES string of the molecule is Cc1ccc(C(NC(=O)Cc2ccc(S(=O)(=O)N3CCCCC3)cc2)c2ccccc2)cc1. The Morgan fingerprint density at radius 3 is 2.09 bits per heavy atom. The van der Waals surface area contributed by atoms with Crippen molar-refractivity contribution in [1.29, 1.82) is 0 Å². The first-order chi connectivity index (χ1) is 15.9. The largest absolute Gasteiger partial charge is 0.345 e. The van der Waals surface area contributed by atoms with Crippen LogP contribution in [0.15, 0.2) is 83.8 Å². The molecule has 6 heteroatoms. The molecule has 3 aromatic carbocycles. The van der Waals surface area contributed by atoms with Crippen molar-refractivity contribution in [3.63, 3.8) is 0 Å². The molecule has 0 aliphatic carbocycles. The number of hydrogen-bond acceptors (Lipinski definition) is 3. The van der Waals surface area contributed by atoms with Gasteiger partial charge in [-0.15, -0.1) is 0 Å². The summed E-state index contributed by atoms with van der Waals surface area (Å²) in [6, 6.07) is 24.5. The minimum atomic E-state index is -3.47. The van der Waals surface area contributed by atoms with Gasteiger partial charge in [-0.2, -0.15) is 4.31 Å². The monoisotopic (exact) mass is 462 g/mol. The smallest absolute Gasteiger partial charge is 0.243 e. The molecule has 172 valence electrons. The molecule has 1 aliphatic rings. The van der Waals surface area contributed by atoms with Gasteiger partial charge in [0.05, 0.1) is 17.4 Å². The van der Waals surface area contributed by atoms with Crippen molar-refractivity contribution in [2.45, 2.75) is 43.5 Å². The van der Waals surface area contributed by atoms with Crippen LogP contribution in [-0.2, 0) is 21.2 Å². The van der Waals surface area contributed by atoms with Crippen LogP contribution in [0.2, 0.25) is 0 Å². The lowest BCUT2D eigenvalue weighted by Crippen LogP contribution is -2.35. The van der Waals surface area contributed by atoms with Crippen LogP contribution in [-0.4, -0.2) is 31.7 Å². The van der Waals surface area contributed by atoms with Crippen LogP contribution in [0.5, 0.6) is 0 Å². The van der Waals surface area contributed by atoms with E-state index in [1.54, 1.807) is 28.6 Å². The van der Waals surface area contributed by atoms with E-state index in [1.165, 1.54) is 0 Å². The lowest BCUT2D eigenvalue weighted by molar-refractivity contribution is -0.120. The Morgan fingerprint density at radius 1 is 0.848 bits per heavy atom. The fourth-order valence-corrected chi connectivity index (χ4v) is 5.71. The van der Waals surface area contributed by atoms with E-state index in [9.17, 15) is 13.2 Å². The van der Waals surface area contributed by atoms with E-state index in [0.29, 0.717) is 13.1 Å². The highest BCUT2D eigenvalue weighted by Crippen LogP contribution is 2.24. The number of aryl methyl sites for hydroxylation is 1. The number of carbonyl (C=O) groups is 1. The summed E-state index contributed by atoms with van der Waals surface area (Å²) in [5.41, 5.74) is 3.97. The summed E-state index contributed by atoms with van der Waals surface area (Å²) < 4.78 is 27.3. The highest BCUT2D eigenvalue weighted by molar-refractivity contribution is 7.89. The molecule has 1 aliphatic heterocycles. The van der Waals surface area contributed by atoms with Crippen molar-refractivity contribution in [1.82, 2.24) is 9.62 Å². The molecule has 0 spiro atoms. The molecule has 0 radical (unpaired) electrons. The Morgan fingerprint density at radius 2 is 1.45 bits per heavy atom. The Kier molecular flexibility index (Phi) is 7.26. The van der Waals surface area contributed by atoms with E-state index in [-0.39, 0.29) is 23.3 Å². The predicted molar refractivity (Wildman–Crippen MR) is 130 cm³/mol. The van der Waals surface area contributed by atoms with Crippen molar-refractivity contribution >= 4 is 15.9 Å². The molecule has 33 heavy (non-hydrogen) atoms. The zero-order chi connectivity index (χ0) is 23.3. The van der Waals surface area contributed by atoms with Crippen molar-refractivity contribution in [3.05, 3.63) is 101 Å². The van der Waals surface area contributed by atoms with Crippen LogP contribution in [0.3, 0.4) is 0 Å². The quantitative estimate of drug-likeness (QED) is 0.557. The lowest BCUT2D eigenvalue weighted by atomic mass is 9.97. The second-order valence-electron chi connectivity index (χ2n) is 8.61. The van der Waals surface area contributed by atoms with E-state index in [4.69, 9.17) is 0 Å². The highest BCUT2D eigenvalue weighted by Gasteiger charge is 2.26. The van der Waals surface area contributed by atoms with Gasteiger partial charge in [-0.25, -0.2) is 8.42 Å². The van der Waals surface area contributed by atoms with Crippen molar-refractivity contribution < 1.29 is 13.2 Å². The number of benzene rings is 3. The summed E-state index contributed by atoms with van der Waals surface area (Å²) in [4.78, 5) is 13.2. The van der Waals surface area contributed by atoms with Gasteiger partial charge >= 0.3 is 0 Å². The summed E-state index contributed by atoms with van der Waals surface area (Å²) in [7, 11) is -3.47. The summed E-state index contributed by atoms with van der Waals surface area (Å²) in [5, 5.41) is 3.15. The zero-order valence-electron chi connectivity index (χ0n) is 18.9. The van der Waals surface area contributed by atoms with Gasteiger partial charge in [-0.1, -0.05) is 78.7 Å². The predicted octanol–water partition coefficient (Wildman–Crippen LogP) is 4.62. The van der Waals surface area contributed by atoms with Crippen LogP contribution in [0.25, 0.3) is 0 Å². The normalized spacial score (nSPS) is 15.7. The molecule has 1 saturated heterocycles. The first kappa shape index (κ1) is 23.2. The van der Waals surface area contributed by atoms with E-state index in [0.717, 1.165) is 41.5 Å². The fourth-order valence-electron chi connectivity index (χ4n) is 4.19. The number of nitrogens with one attached hydrogen (secondary N) is 1. The van der Waals surface area contributed by atoms with Crippen molar-refractivity contribution in [2.24, 2.45) is 0 Å². The lowest BCUT2D eigenvalue weighted by Gasteiger charge is -2.25. The van der Waals surface area contributed by atoms with Crippen molar-refractivity contribution in [2.75, 3.05) is 13.1 Å². The Labute approximate surface area is 196 Å². The Balaban J connectivity index is 1.47. The van der Waals surface area contributed by atoms with Gasteiger partial charge in [0.2, 0.25) is 15.9 Å². The van der Waals surface area contributed by atoms with Crippen molar-refractivity contribution in [3.8, 4) is 0 Å². The van der Waals surface area contributed by atoms with Gasteiger partial charge in [0.25, 0.3) is 0 Å². The molecule has 4 rings (SSSR count). The molecule has 1 heterocycles. The maximum atomic E-state index is 12.9. The Hall–Kier alpha value is -2.96. The maximum Gasteiger partial charge on any atom is 0.243 e. The number of piperidine rings is 1. The molecule has 5 nitrogen and oxygen atoms in total. The fraction of sp³-hybridized carbons (Fsp3) is 0.296. The molecular formula is C27H30N2O3S. The average Bonchev–Trinajstić information content (AvgIpc) is 2.85. The molecular weight excluding hydrogens is 432 g/mol. The molecule has 0 bridgehead atoms. The minimum absolute atomic E-state index is 0.115. The molecule has 0 aromatic heterocycles. The van der Waals surface area contributed by atoms with Crippen LogP contribution in [0.1, 0.15) is 47.6 Å². The molecule has 1 unspecified atom stereocenters. The number of rotatable bonds is 7. The molecule has 3 aromatic rings. The standard InChI is InChI=1S/C27H30N2O3S/c1-21-10-14-24(15-11-21)27(23-8-4-2-5-9-23)28-26(30)20-22-12-16-25(17-13-22)33(31,32)29-18-6-3-7-19-29/h2,4-5,8-17,27H,3,6-7,18-20H2,1H3,(H,28,30). The van der Waals surface area contributed by atoms with Gasteiger partial charge in [-0.05, 0) is 48.6 Å². The first-order valence-corrected chi connectivity index (χ1v) is 12.9. The number of sulfonamides is 1. The third-order valence-electron chi connectivity index (χ3n) is 6.09. The second kappa shape index (κ2) is 10.3. The van der Waals surface area contributed by atoms with Gasteiger partial charge in [0.1, 0.15) is 0 Å². The highest BCUT2D eigenvalue weighted by atomic mass is 32.2. The van der Waals surface area contributed by atoms with Crippen LogP contribution in [0, 0.1) is 6.92 Å². The third-order valence-corrected chi connectivity index (χ3v) is 8.00. The van der Waals surface area contributed by atoms with E-state index < -0.39 is 10.0 Å². The average molecular weight is 463 g/mol. The summed E-state index contributed by atoms with van der Waals surface area (Å²) in [5.74, 6) is -0.115. The first-order valence-electron chi connectivity index (χ1n) is 11.4. The molecule has 1 atom stereocenters. The summed E-state index contributed by atoms with van der Waals surface area (Å²) in [6.07, 6.45) is 3.06. The molecule has 1 amide bonds. The van der Waals surface area contributed by atoms with Gasteiger partial charge in [-0.3, -0.25) is 4.79 Å². The maximum absolute atomic E-state index is 12.9. The Bertz CT molecular complexity index is 1170. The van der Waals surface area contributed by atoms with E-state index in [2.05, 4.69) is 5.32 Å². The number of hydrogen-bond donors (Lipinski definition) is 1. The third kappa shape index (κ3) is 5.70. The van der Waals surface area contributed by atoms with Crippen LogP contribution in [0.4, 0.5) is 0 Å². The number of nitrogens with zero attached hydrogens (tertiary/aromatic N) is 1. The van der Waals surface area contributed by atoms with Crippen LogP contribution < -0.4 is 5.32 Å². The zero-order valence-corrected chi connectivity index (χ0v) is 19.7. The molecule has 1 N–H and O–H groups in total. The number of amides is 1. The topological polar surface area (TPSA) is 66.5 Å². The minimum Gasteiger partial charge on any atom is -0.345 e. The van der Waals surface area contributed by atoms with Crippen LogP contribution >= 0.6 is 0 Å². The van der Waals surface area contributed by atoms with E-state index in [1.807, 2.05) is 61.5 Å².